The molecule has 0 aliphatic carbocycles. The van der Waals surface area contributed by atoms with Gasteiger partial charge in [0.1, 0.15) is 0 Å². The Labute approximate surface area is 108 Å². The Morgan fingerprint density at radius 1 is 1.00 bits per heavy atom. The van der Waals surface area contributed by atoms with Gasteiger partial charge in [-0.05, 0) is 46.4 Å². The number of hydrogen-bond donors (Lipinski definition) is 0. The molecule has 0 aromatic rings. The van der Waals surface area contributed by atoms with Crippen molar-refractivity contribution in [2.45, 2.75) is 65.7 Å². The van der Waals surface area contributed by atoms with Gasteiger partial charge in [0.25, 0.3) is 0 Å². The third-order valence-electron chi connectivity index (χ3n) is 2.69. The molecule has 0 unspecified atom stereocenters. The molecule has 88 valence electrons. The zero-order valence-electron chi connectivity index (χ0n) is 10.2. The summed E-state index contributed by atoms with van der Waals surface area (Å²) in [5.41, 5.74) is 0.948. The van der Waals surface area contributed by atoms with Crippen molar-refractivity contribution in [3.8, 4) is 0 Å². The Morgan fingerprint density at radius 3 is 2.07 bits per heavy atom. The molecule has 0 fully saturated rings. The minimum atomic E-state index is 0.331. The van der Waals surface area contributed by atoms with Gasteiger partial charge in [0.2, 0.25) is 0 Å². The monoisotopic (exact) mass is 322 g/mol. The van der Waals surface area contributed by atoms with Gasteiger partial charge in [0, 0.05) is 12.0 Å². The summed E-state index contributed by atoms with van der Waals surface area (Å²) in [6, 6.07) is 0. The predicted octanol–water partition coefficient (Wildman–Crippen LogP) is 5.04. The minimum Gasteiger partial charge on any atom is -0.295 e. The molecule has 0 aromatic heterocycles. The number of hydrogen-bond acceptors (Lipinski definition) is 1. The van der Waals surface area contributed by atoms with E-state index in [1.807, 2.05) is 13.8 Å². The smallest absolute Gasteiger partial charge is 0.159 e. The van der Waals surface area contributed by atoms with E-state index in [4.69, 9.17) is 0 Å². The number of halogens is 1. The average Bonchev–Trinajstić information content (AvgIpc) is 2.21. The van der Waals surface area contributed by atoms with Crippen LogP contribution in [0.15, 0.2) is 9.15 Å². The van der Waals surface area contributed by atoms with Crippen molar-refractivity contribution in [3.05, 3.63) is 9.15 Å². The fourth-order valence-corrected chi connectivity index (χ4v) is 1.75. The van der Waals surface area contributed by atoms with E-state index in [1.165, 1.54) is 32.1 Å². The van der Waals surface area contributed by atoms with Gasteiger partial charge in [-0.2, -0.15) is 0 Å². The molecule has 1 nitrogen and oxygen atoms in total. The van der Waals surface area contributed by atoms with Crippen molar-refractivity contribution >= 4 is 28.4 Å². The van der Waals surface area contributed by atoms with Crippen LogP contribution in [0.5, 0.6) is 0 Å². The Bertz CT molecular complexity index is 215. The molecule has 0 amide bonds. The summed E-state index contributed by atoms with van der Waals surface area (Å²) in [6.07, 6.45) is 8.23. The van der Waals surface area contributed by atoms with E-state index in [1.54, 1.807) is 0 Å². The number of unbranched alkanes of at least 4 members (excludes halogenated alkanes) is 5. The molecule has 0 N–H and O–H groups in total. The van der Waals surface area contributed by atoms with E-state index >= 15 is 0 Å². The Balaban J connectivity index is 3.52. The normalized spacial score (nSPS) is 12.5. The molecular formula is C13H23IO. The van der Waals surface area contributed by atoms with Crippen LogP contribution in [0.25, 0.3) is 0 Å². The summed E-state index contributed by atoms with van der Waals surface area (Å²) < 4.78 is 1.13. The first-order valence-electron chi connectivity index (χ1n) is 5.95. The lowest BCUT2D eigenvalue weighted by Gasteiger charge is -2.02. The zero-order chi connectivity index (χ0) is 11.7. The van der Waals surface area contributed by atoms with Gasteiger partial charge in [0.05, 0.1) is 0 Å². The molecule has 0 rings (SSSR count). The van der Waals surface area contributed by atoms with Gasteiger partial charge in [-0.15, -0.1) is 0 Å². The third kappa shape index (κ3) is 8.00. The highest BCUT2D eigenvalue weighted by Crippen LogP contribution is 2.15. The molecule has 0 atom stereocenters. The highest BCUT2D eigenvalue weighted by atomic mass is 127. The van der Waals surface area contributed by atoms with E-state index < -0.39 is 0 Å². The van der Waals surface area contributed by atoms with Crippen LogP contribution in [-0.2, 0) is 4.79 Å². The summed E-state index contributed by atoms with van der Waals surface area (Å²) >= 11 is 2.22. The topological polar surface area (TPSA) is 17.1 Å². The summed E-state index contributed by atoms with van der Waals surface area (Å²) in [6.45, 7) is 6.15. The third-order valence-corrected chi connectivity index (χ3v) is 3.50. The van der Waals surface area contributed by atoms with Crippen molar-refractivity contribution in [2.24, 2.45) is 0 Å². The van der Waals surface area contributed by atoms with E-state index in [2.05, 4.69) is 29.5 Å². The lowest BCUT2D eigenvalue weighted by atomic mass is 10.0. The highest BCUT2D eigenvalue weighted by molar-refractivity contribution is 14.1. The zero-order valence-corrected chi connectivity index (χ0v) is 12.4. The summed E-state index contributed by atoms with van der Waals surface area (Å²) in [7, 11) is 0. The number of allylic oxidation sites excluding steroid dienone is 2. The second-order valence-electron chi connectivity index (χ2n) is 4.10. The molecule has 0 spiro atoms. The molecule has 0 heterocycles. The predicted molar refractivity (Wildman–Crippen MR) is 75.4 cm³/mol. The van der Waals surface area contributed by atoms with Crippen LogP contribution in [-0.4, -0.2) is 5.78 Å². The summed E-state index contributed by atoms with van der Waals surface area (Å²) in [5, 5.41) is 0. The van der Waals surface area contributed by atoms with Crippen LogP contribution in [0.1, 0.15) is 65.7 Å². The molecule has 0 aliphatic heterocycles. The number of carbonyl (C=O) groups is 1. The van der Waals surface area contributed by atoms with Crippen molar-refractivity contribution in [3.63, 3.8) is 0 Å². The van der Waals surface area contributed by atoms with Crippen molar-refractivity contribution in [1.82, 2.24) is 0 Å². The van der Waals surface area contributed by atoms with Crippen LogP contribution in [0, 0.1) is 0 Å². The Kier molecular flexibility index (Phi) is 9.46. The largest absolute Gasteiger partial charge is 0.295 e. The van der Waals surface area contributed by atoms with E-state index in [-0.39, 0.29) is 0 Å². The van der Waals surface area contributed by atoms with Gasteiger partial charge in [-0.25, -0.2) is 0 Å². The quantitative estimate of drug-likeness (QED) is 0.348. The van der Waals surface area contributed by atoms with Gasteiger partial charge in [0.15, 0.2) is 5.78 Å². The fourth-order valence-electron chi connectivity index (χ4n) is 1.45. The molecular weight excluding hydrogens is 299 g/mol. The summed E-state index contributed by atoms with van der Waals surface area (Å²) in [5.74, 6) is 0.331. The average molecular weight is 322 g/mol. The maximum Gasteiger partial charge on any atom is 0.159 e. The molecule has 2 heteroatoms. The van der Waals surface area contributed by atoms with Crippen molar-refractivity contribution in [2.75, 3.05) is 0 Å². The number of Topliss-reactive ketones (excluding diaryl/α,β-unsaturated/α-hetero) is 1. The standard InChI is InChI=1S/C13H23IO/c1-4-5-6-7-8-9-10-13(15)11(2)12(3)14/h4-10H2,1-3H3/b12-11-. The number of ketones is 1. The Morgan fingerprint density at radius 2 is 1.53 bits per heavy atom. The SMILES string of the molecule is CCCCCCCCC(=O)/C(C)=C(/C)I. The lowest BCUT2D eigenvalue weighted by Crippen LogP contribution is -2.00. The molecule has 0 saturated heterocycles. The first-order valence-corrected chi connectivity index (χ1v) is 7.03. The van der Waals surface area contributed by atoms with Crippen LogP contribution in [0.3, 0.4) is 0 Å². The number of carbonyl (C=O) groups excluding carboxylic acids is 1. The molecule has 0 bridgehead atoms. The Hall–Kier alpha value is 0.140. The van der Waals surface area contributed by atoms with Gasteiger partial charge in [-0.3, -0.25) is 4.79 Å². The second kappa shape index (κ2) is 9.37. The van der Waals surface area contributed by atoms with E-state index in [9.17, 15) is 4.79 Å². The molecule has 15 heavy (non-hydrogen) atoms. The second-order valence-corrected chi connectivity index (χ2v) is 5.72. The molecule has 0 aliphatic rings. The van der Waals surface area contributed by atoms with Crippen LogP contribution >= 0.6 is 22.6 Å². The van der Waals surface area contributed by atoms with Crippen LogP contribution < -0.4 is 0 Å². The fraction of sp³-hybridized carbons (Fsp3) is 0.769. The lowest BCUT2D eigenvalue weighted by molar-refractivity contribution is -0.115. The first kappa shape index (κ1) is 15.1. The molecule has 0 saturated carbocycles. The molecule has 0 radical (unpaired) electrons. The van der Waals surface area contributed by atoms with Gasteiger partial charge < -0.3 is 0 Å². The van der Waals surface area contributed by atoms with Crippen LogP contribution in [0.4, 0.5) is 0 Å². The van der Waals surface area contributed by atoms with Crippen molar-refractivity contribution < 1.29 is 4.79 Å². The highest BCUT2D eigenvalue weighted by Gasteiger charge is 2.05. The van der Waals surface area contributed by atoms with Crippen molar-refractivity contribution in [1.29, 1.82) is 0 Å². The molecule has 0 aromatic carbocycles. The van der Waals surface area contributed by atoms with Crippen LogP contribution in [0.2, 0.25) is 0 Å². The van der Waals surface area contributed by atoms with E-state index in [0.717, 1.165) is 22.0 Å². The van der Waals surface area contributed by atoms with Gasteiger partial charge >= 0.3 is 0 Å². The van der Waals surface area contributed by atoms with E-state index in [0.29, 0.717) is 5.78 Å². The summed E-state index contributed by atoms with van der Waals surface area (Å²) in [4.78, 5) is 11.6. The maximum absolute atomic E-state index is 11.6. The first-order chi connectivity index (χ1) is 7.09. The van der Waals surface area contributed by atoms with Gasteiger partial charge in [-0.1, -0.05) is 39.0 Å². The maximum atomic E-state index is 11.6. The number of rotatable bonds is 8. The minimum absolute atomic E-state index is 0.331.